The third-order valence-corrected chi connectivity index (χ3v) is 5.51. The summed E-state index contributed by atoms with van der Waals surface area (Å²) >= 11 is 7.25. The van der Waals surface area contributed by atoms with E-state index in [0.717, 1.165) is 23.0 Å². The standard InChI is InChI=1S/C19H18ClFN4OS/c1-11-6-4-5-7-14(11)17-23-24-19(25(17)3)27-12(2)18(26)22-16-9-8-13(21)10-15(16)20/h4-10,12H,1-3H3,(H,22,26)/t12-/m0/s1. The largest absolute Gasteiger partial charge is 0.324 e. The first-order valence-corrected chi connectivity index (χ1v) is 9.50. The van der Waals surface area contributed by atoms with Crippen LogP contribution in [0.15, 0.2) is 47.6 Å². The van der Waals surface area contributed by atoms with Crippen molar-refractivity contribution in [2.24, 2.45) is 7.05 Å². The fourth-order valence-corrected chi connectivity index (χ4v) is 3.54. The van der Waals surface area contributed by atoms with E-state index in [9.17, 15) is 9.18 Å². The van der Waals surface area contributed by atoms with Gasteiger partial charge in [0.15, 0.2) is 11.0 Å². The molecule has 5 nitrogen and oxygen atoms in total. The number of hydrogen-bond donors (Lipinski definition) is 1. The van der Waals surface area contributed by atoms with Crippen LogP contribution in [0, 0.1) is 12.7 Å². The summed E-state index contributed by atoms with van der Waals surface area (Å²) in [5, 5.41) is 11.5. The fourth-order valence-electron chi connectivity index (χ4n) is 2.51. The highest BCUT2D eigenvalue weighted by Gasteiger charge is 2.20. The number of nitrogens with zero attached hydrogens (tertiary/aromatic N) is 3. The summed E-state index contributed by atoms with van der Waals surface area (Å²) in [5.74, 6) is 0.0296. The van der Waals surface area contributed by atoms with Gasteiger partial charge in [-0.05, 0) is 37.6 Å². The molecule has 1 N–H and O–H groups in total. The molecule has 3 aromatic rings. The van der Waals surface area contributed by atoms with Gasteiger partial charge in [0.25, 0.3) is 0 Å². The van der Waals surface area contributed by atoms with Gasteiger partial charge in [-0.25, -0.2) is 4.39 Å². The number of benzene rings is 2. The van der Waals surface area contributed by atoms with Crippen molar-refractivity contribution in [3.8, 4) is 11.4 Å². The third kappa shape index (κ3) is 4.31. The van der Waals surface area contributed by atoms with Crippen LogP contribution in [0.3, 0.4) is 0 Å². The zero-order valence-electron chi connectivity index (χ0n) is 15.0. The van der Waals surface area contributed by atoms with E-state index >= 15 is 0 Å². The van der Waals surface area contributed by atoms with Gasteiger partial charge in [0.2, 0.25) is 5.91 Å². The first-order valence-electron chi connectivity index (χ1n) is 8.24. The lowest BCUT2D eigenvalue weighted by Crippen LogP contribution is -2.23. The van der Waals surface area contributed by atoms with Crippen molar-refractivity contribution < 1.29 is 9.18 Å². The minimum absolute atomic E-state index is 0.154. The Bertz CT molecular complexity index is 992. The Morgan fingerprint density at radius 1 is 1.26 bits per heavy atom. The first-order chi connectivity index (χ1) is 12.9. The lowest BCUT2D eigenvalue weighted by molar-refractivity contribution is -0.115. The number of anilines is 1. The van der Waals surface area contributed by atoms with E-state index in [1.165, 1.54) is 23.9 Å². The van der Waals surface area contributed by atoms with Gasteiger partial charge in [0.05, 0.1) is 16.0 Å². The van der Waals surface area contributed by atoms with E-state index in [-0.39, 0.29) is 10.9 Å². The van der Waals surface area contributed by atoms with Gasteiger partial charge in [-0.2, -0.15) is 0 Å². The Kier molecular flexibility index (Phi) is 5.82. The number of halogens is 2. The molecule has 1 heterocycles. The average Bonchev–Trinajstić information content (AvgIpc) is 2.98. The molecule has 0 radical (unpaired) electrons. The molecule has 2 aromatic carbocycles. The summed E-state index contributed by atoms with van der Waals surface area (Å²) < 4.78 is 15.0. The quantitative estimate of drug-likeness (QED) is 0.626. The van der Waals surface area contributed by atoms with Crippen molar-refractivity contribution in [3.05, 3.63) is 58.9 Å². The zero-order chi connectivity index (χ0) is 19.6. The van der Waals surface area contributed by atoms with Crippen LogP contribution in [0.25, 0.3) is 11.4 Å². The SMILES string of the molecule is Cc1ccccc1-c1nnc(S[C@@H](C)C(=O)Nc2ccc(F)cc2Cl)n1C. The molecule has 0 bridgehead atoms. The second-order valence-electron chi connectivity index (χ2n) is 6.05. The number of rotatable bonds is 5. The fraction of sp³-hybridized carbons (Fsp3) is 0.211. The third-order valence-electron chi connectivity index (χ3n) is 4.06. The summed E-state index contributed by atoms with van der Waals surface area (Å²) in [6.45, 7) is 3.78. The van der Waals surface area contributed by atoms with Crippen molar-refractivity contribution in [3.63, 3.8) is 0 Å². The maximum Gasteiger partial charge on any atom is 0.237 e. The van der Waals surface area contributed by atoms with Crippen LogP contribution < -0.4 is 5.32 Å². The summed E-state index contributed by atoms with van der Waals surface area (Å²) in [6.07, 6.45) is 0. The lowest BCUT2D eigenvalue weighted by atomic mass is 10.1. The van der Waals surface area contributed by atoms with Crippen LogP contribution in [-0.2, 0) is 11.8 Å². The number of aromatic nitrogens is 3. The smallest absolute Gasteiger partial charge is 0.237 e. The Morgan fingerprint density at radius 3 is 2.70 bits per heavy atom. The molecule has 0 unspecified atom stereocenters. The number of thioether (sulfide) groups is 1. The molecular formula is C19H18ClFN4OS. The summed E-state index contributed by atoms with van der Waals surface area (Å²) in [7, 11) is 1.87. The van der Waals surface area contributed by atoms with Gasteiger partial charge in [0.1, 0.15) is 5.82 Å². The van der Waals surface area contributed by atoms with E-state index in [1.807, 2.05) is 42.8 Å². The zero-order valence-corrected chi connectivity index (χ0v) is 16.6. The lowest BCUT2D eigenvalue weighted by Gasteiger charge is -2.13. The number of carbonyl (C=O) groups excluding carboxylic acids is 1. The second-order valence-corrected chi connectivity index (χ2v) is 7.77. The summed E-state index contributed by atoms with van der Waals surface area (Å²) in [5.41, 5.74) is 2.46. The summed E-state index contributed by atoms with van der Waals surface area (Å²) in [6, 6.07) is 11.8. The molecule has 1 atom stereocenters. The maximum absolute atomic E-state index is 13.1. The molecule has 0 aliphatic heterocycles. The molecule has 27 heavy (non-hydrogen) atoms. The van der Waals surface area contributed by atoms with Gasteiger partial charge in [-0.3, -0.25) is 4.79 Å². The maximum atomic E-state index is 13.1. The van der Waals surface area contributed by atoms with Crippen LogP contribution in [0.2, 0.25) is 5.02 Å². The monoisotopic (exact) mass is 404 g/mol. The first kappa shape index (κ1) is 19.4. The highest BCUT2D eigenvalue weighted by molar-refractivity contribution is 8.00. The average molecular weight is 405 g/mol. The van der Waals surface area contributed by atoms with Crippen LogP contribution in [0.5, 0.6) is 0 Å². The van der Waals surface area contributed by atoms with E-state index < -0.39 is 11.1 Å². The molecule has 0 saturated carbocycles. The Hall–Kier alpha value is -2.38. The highest BCUT2D eigenvalue weighted by Crippen LogP contribution is 2.28. The van der Waals surface area contributed by atoms with Crippen LogP contribution in [0.4, 0.5) is 10.1 Å². The molecule has 0 fully saturated rings. The van der Waals surface area contributed by atoms with Crippen molar-refractivity contribution >= 4 is 35.0 Å². The van der Waals surface area contributed by atoms with Gasteiger partial charge in [-0.1, -0.05) is 47.6 Å². The van der Waals surface area contributed by atoms with Crippen LogP contribution in [0.1, 0.15) is 12.5 Å². The van der Waals surface area contributed by atoms with Gasteiger partial charge < -0.3 is 9.88 Å². The van der Waals surface area contributed by atoms with E-state index in [1.54, 1.807) is 6.92 Å². The predicted octanol–water partition coefficient (Wildman–Crippen LogP) is 4.70. The molecule has 0 spiro atoms. The highest BCUT2D eigenvalue weighted by atomic mass is 35.5. The number of nitrogens with one attached hydrogen (secondary N) is 1. The van der Waals surface area contributed by atoms with E-state index in [0.29, 0.717) is 10.8 Å². The molecule has 8 heteroatoms. The number of amides is 1. The van der Waals surface area contributed by atoms with Crippen molar-refractivity contribution in [2.45, 2.75) is 24.3 Å². The summed E-state index contributed by atoms with van der Waals surface area (Å²) in [4.78, 5) is 12.5. The minimum atomic E-state index is -0.455. The molecule has 0 saturated heterocycles. The van der Waals surface area contributed by atoms with Gasteiger partial charge in [-0.15, -0.1) is 10.2 Å². The molecular weight excluding hydrogens is 387 g/mol. The van der Waals surface area contributed by atoms with Crippen molar-refractivity contribution in [1.29, 1.82) is 0 Å². The van der Waals surface area contributed by atoms with Crippen molar-refractivity contribution in [2.75, 3.05) is 5.32 Å². The van der Waals surface area contributed by atoms with Gasteiger partial charge in [0, 0.05) is 12.6 Å². The molecule has 0 aliphatic carbocycles. The predicted molar refractivity (Wildman–Crippen MR) is 107 cm³/mol. The van der Waals surface area contributed by atoms with E-state index in [2.05, 4.69) is 15.5 Å². The topological polar surface area (TPSA) is 59.8 Å². The number of hydrogen-bond acceptors (Lipinski definition) is 4. The Labute approximate surface area is 166 Å². The number of aryl methyl sites for hydroxylation is 1. The van der Waals surface area contributed by atoms with Crippen LogP contribution >= 0.6 is 23.4 Å². The molecule has 140 valence electrons. The van der Waals surface area contributed by atoms with Gasteiger partial charge >= 0.3 is 0 Å². The van der Waals surface area contributed by atoms with E-state index in [4.69, 9.17) is 11.6 Å². The minimum Gasteiger partial charge on any atom is -0.324 e. The second kappa shape index (κ2) is 8.10. The van der Waals surface area contributed by atoms with Crippen molar-refractivity contribution in [1.82, 2.24) is 14.8 Å². The molecule has 3 rings (SSSR count). The Balaban J connectivity index is 1.73. The number of carbonyl (C=O) groups is 1. The van der Waals surface area contributed by atoms with Crippen LogP contribution in [-0.4, -0.2) is 25.9 Å². The molecule has 0 aliphatic rings. The normalized spacial score (nSPS) is 12.0. The Morgan fingerprint density at radius 2 is 2.00 bits per heavy atom. The molecule has 1 aromatic heterocycles. The molecule has 1 amide bonds.